The van der Waals surface area contributed by atoms with Crippen molar-refractivity contribution in [3.05, 3.63) is 35.4 Å². The second-order valence-electron chi connectivity index (χ2n) is 5.43. The second kappa shape index (κ2) is 6.55. The Labute approximate surface area is 120 Å². The van der Waals surface area contributed by atoms with Gasteiger partial charge in [-0.15, -0.1) is 0 Å². The fraction of sp³-hybridized carbons (Fsp3) is 0.500. The minimum absolute atomic E-state index is 0.0497. The standard InChI is InChI=1S/C16H22N2O2/c1-12(19)18-9-7-14(8-10-18)11-13-3-5-15(6-4-13)16(20)17-2/h3-6,14H,7-11H2,1-2H3,(H,17,20). The molecule has 1 aromatic rings. The molecule has 1 aliphatic rings. The molecule has 1 N–H and O–H groups in total. The first kappa shape index (κ1) is 14.6. The summed E-state index contributed by atoms with van der Waals surface area (Å²) in [4.78, 5) is 24.7. The van der Waals surface area contributed by atoms with Crippen LogP contribution in [0.2, 0.25) is 0 Å². The van der Waals surface area contributed by atoms with Gasteiger partial charge in [0.15, 0.2) is 0 Å². The summed E-state index contributed by atoms with van der Waals surface area (Å²) in [5.74, 6) is 0.765. The number of rotatable bonds is 3. The molecule has 0 spiro atoms. The molecule has 1 fully saturated rings. The molecule has 0 radical (unpaired) electrons. The molecule has 4 nitrogen and oxygen atoms in total. The van der Waals surface area contributed by atoms with Crippen molar-refractivity contribution in [1.82, 2.24) is 10.2 Å². The van der Waals surface area contributed by atoms with E-state index in [-0.39, 0.29) is 11.8 Å². The van der Waals surface area contributed by atoms with E-state index in [1.165, 1.54) is 5.56 Å². The first-order valence-corrected chi connectivity index (χ1v) is 7.16. The largest absolute Gasteiger partial charge is 0.355 e. The minimum Gasteiger partial charge on any atom is -0.355 e. The van der Waals surface area contributed by atoms with Crippen LogP contribution in [-0.2, 0) is 11.2 Å². The van der Waals surface area contributed by atoms with Gasteiger partial charge in [-0.05, 0) is 42.9 Å². The lowest BCUT2D eigenvalue weighted by Crippen LogP contribution is -2.37. The lowest BCUT2D eigenvalue weighted by Gasteiger charge is -2.31. The van der Waals surface area contributed by atoms with Crippen molar-refractivity contribution in [2.75, 3.05) is 20.1 Å². The van der Waals surface area contributed by atoms with Gasteiger partial charge in [0.05, 0.1) is 0 Å². The van der Waals surface area contributed by atoms with Gasteiger partial charge < -0.3 is 10.2 Å². The van der Waals surface area contributed by atoms with E-state index in [2.05, 4.69) is 5.32 Å². The van der Waals surface area contributed by atoms with E-state index in [1.54, 1.807) is 14.0 Å². The first-order valence-electron chi connectivity index (χ1n) is 7.16. The van der Waals surface area contributed by atoms with Crippen LogP contribution in [0.1, 0.15) is 35.7 Å². The first-order chi connectivity index (χ1) is 9.60. The topological polar surface area (TPSA) is 49.4 Å². The van der Waals surface area contributed by atoms with E-state index in [0.717, 1.165) is 32.4 Å². The molecule has 1 aromatic carbocycles. The maximum Gasteiger partial charge on any atom is 0.251 e. The van der Waals surface area contributed by atoms with Crippen LogP contribution < -0.4 is 5.32 Å². The number of likely N-dealkylation sites (tertiary alicyclic amines) is 1. The summed E-state index contributed by atoms with van der Waals surface area (Å²) in [7, 11) is 1.64. The van der Waals surface area contributed by atoms with E-state index in [1.807, 2.05) is 29.2 Å². The highest BCUT2D eigenvalue weighted by Crippen LogP contribution is 2.22. The normalized spacial score (nSPS) is 16.0. The summed E-state index contributed by atoms with van der Waals surface area (Å²) >= 11 is 0. The number of nitrogens with zero attached hydrogens (tertiary/aromatic N) is 1. The predicted octanol–water partition coefficient (Wildman–Crippen LogP) is 1.85. The van der Waals surface area contributed by atoms with Crippen LogP contribution in [-0.4, -0.2) is 36.9 Å². The Morgan fingerprint density at radius 2 is 1.80 bits per heavy atom. The summed E-state index contributed by atoms with van der Waals surface area (Å²) in [5, 5.41) is 2.62. The van der Waals surface area contributed by atoms with Crippen molar-refractivity contribution in [2.45, 2.75) is 26.2 Å². The molecule has 0 saturated carbocycles. The van der Waals surface area contributed by atoms with Crippen molar-refractivity contribution < 1.29 is 9.59 Å². The maximum atomic E-state index is 11.5. The van der Waals surface area contributed by atoms with E-state index >= 15 is 0 Å². The summed E-state index contributed by atoms with van der Waals surface area (Å²) < 4.78 is 0. The van der Waals surface area contributed by atoms with Crippen molar-refractivity contribution in [1.29, 1.82) is 0 Å². The average Bonchev–Trinajstić information content (AvgIpc) is 2.48. The maximum absolute atomic E-state index is 11.5. The Kier molecular flexibility index (Phi) is 4.77. The number of carbonyl (C=O) groups is 2. The number of hydrogen-bond acceptors (Lipinski definition) is 2. The predicted molar refractivity (Wildman–Crippen MR) is 78.5 cm³/mol. The Morgan fingerprint density at radius 1 is 1.20 bits per heavy atom. The van der Waals surface area contributed by atoms with Crippen molar-refractivity contribution in [2.24, 2.45) is 5.92 Å². The third kappa shape index (κ3) is 3.59. The van der Waals surface area contributed by atoms with Gasteiger partial charge in [0.2, 0.25) is 5.91 Å². The molecular weight excluding hydrogens is 252 g/mol. The van der Waals surface area contributed by atoms with Crippen molar-refractivity contribution in [3.8, 4) is 0 Å². The summed E-state index contributed by atoms with van der Waals surface area (Å²) in [6, 6.07) is 7.81. The minimum atomic E-state index is -0.0497. The SMILES string of the molecule is CNC(=O)c1ccc(CC2CCN(C(C)=O)CC2)cc1. The Hall–Kier alpha value is -1.84. The van der Waals surface area contributed by atoms with Gasteiger partial charge in [0.1, 0.15) is 0 Å². The van der Waals surface area contributed by atoms with E-state index in [4.69, 9.17) is 0 Å². The zero-order valence-electron chi connectivity index (χ0n) is 12.2. The molecule has 0 aliphatic carbocycles. The average molecular weight is 274 g/mol. The van der Waals surface area contributed by atoms with Gasteiger partial charge in [-0.3, -0.25) is 9.59 Å². The van der Waals surface area contributed by atoms with Crippen LogP contribution in [0.4, 0.5) is 0 Å². The number of nitrogens with one attached hydrogen (secondary N) is 1. The summed E-state index contributed by atoms with van der Waals surface area (Å²) in [5.41, 5.74) is 1.96. The van der Waals surface area contributed by atoms with Gasteiger partial charge in [-0.1, -0.05) is 12.1 Å². The van der Waals surface area contributed by atoms with E-state index < -0.39 is 0 Å². The Morgan fingerprint density at radius 3 is 2.30 bits per heavy atom. The smallest absolute Gasteiger partial charge is 0.251 e. The van der Waals surface area contributed by atoms with Gasteiger partial charge in [-0.2, -0.15) is 0 Å². The monoisotopic (exact) mass is 274 g/mol. The molecule has 20 heavy (non-hydrogen) atoms. The summed E-state index contributed by atoms with van der Waals surface area (Å²) in [6.45, 7) is 3.38. The molecule has 1 saturated heterocycles. The zero-order chi connectivity index (χ0) is 14.5. The zero-order valence-corrected chi connectivity index (χ0v) is 12.2. The van der Waals surface area contributed by atoms with Crippen LogP contribution in [0.15, 0.2) is 24.3 Å². The fourth-order valence-electron chi connectivity index (χ4n) is 2.72. The van der Waals surface area contributed by atoms with Crippen LogP contribution in [0.3, 0.4) is 0 Å². The molecule has 0 aromatic heterocycles. The molecule has 4 heteroatoms. The second-order valence-corrected chi connectivity index (χ2v) is 5.43. The Balaban J connectivity index is 1.88. The van der Waals surface area contributed by atoms with Crippen LogP contribution in [0.25, 0.3) is 0 Å². The number of carbonyl (C=O) groups excluding carboxylic acids is 2. The molecule has 1 aliphatic heterocycles. The highest BCUT2D eigenvalue weighted by Gasteiger charge is 2.20. The highest BCUT2D eigenvalue weighted by molar-refractivity contribution is 5.93. The molecular formula is C16H22N2O2. The van der Waals surface area contributed by atoms with Crippen LogP contribution in [0.5, 0.6) is 0 Å². The molecule has 108 valence electrons. The third-order valence-electron chi connectivity index (χ3n) is 4.03. The molecule has 2 amide bonds. The van der Waals surface area contributed by atoms with Gasteiger partial charge in [0, 0.05) is 32.6 Å². The van der Waals surface area contributed by atoms with Gasteiger partial charge in [0.25, 0.3) is 5.91 Å². The van der Waals surface area contributed by atoms with E-state index in [9.17, 15) is 9.59 Å². The molecule has 0 unspecified atom stereocenters. The number of piperidine rings is 1. The fourth-order valence-corrected chi connectivity index (χ4v) is 2.72. The number of amides is 2. The van der Waals surface area contributed by atoms with Gasteiger partial charge in [-0.25, -0.2) is 0 Å². The van der Waals surface area contributed by atoms with E-state index in [0.29, 0.717) is 11.5 Å². The molecule has 0 bridgehead atoms. The lowest BCUT2D eigenvalue weighted by atomic mass is 9.90. The Bertz CT molecular complexity index is 474. The van der Waals surface area contributed by atoms with Gasteiger partial charge >= 0.3 is 0 Å². The molecule has 0 atom stereocenters. The third-order valence-corrected chi connectivity index (χ3v) is 4.03. The molecule has 2 rings (SSSR count). The quantitative estimate of drug-likeness (QED) is 0.914. The number of hydrogen-bond donors (Lipinski definition) is 1. The molecule has 1 heterocycles. The summed E-state index contributed by atoms with van der Waals surface area (Å²) in [6.07, 6.45) is 3.16. The van der Waals surface area contributed by atoms with Crippen LogP contribution >= 0.6 is 0 Å². The number of benzene rings is 1. The highest BCUT2D eigenvalue weighted by atomic mass is 16.2. The lowest BCUT2D eigenvalue weighted by molar-refractivity contribution is -0.130. The van der Waals surface area contributed by atoms with Crippen LogP contribution in [0, 0.1) is 5.92 Å². The van der Waals surface area contributed by atoms with Crippen molar-refractivity contribution in [3.63, 3.8) is 0 Å². The van der Waals surface area contributed by atoms with Crippen molar-refractivity contribution >= 4 is 11.8 Å².